The molecule has 0 radical (unpaired) electrons. The minimum Gasteiger partial charge on any atom is -0.480 e. The normalized spacial score (nSPS) is 16.1. The van der Waals surface area contributed by atoms with Crippen LogP contribution in [0.15, 0.2) is 72.8 Å². The molecule has 0 spiro atoms. The van der Waals surface area contributed by atoms with Gasteiger partial charge in [-0.25, -0.2) is 4.39 Å². The van der Waals surface area contributed by atoms with Gasteiger partial charge in [-0.05, 0) is 24.1 Å². The highest BCUT2D eigenvalue weighted by Gasteiger charge is 2.49. The Morgan fingerprint density at radius 1 is 0.929 bits per heavy atom. The van der Waals surface area contributed by atoms with Gasteiger partial charge in [-0.2, -0.15) is 0 Å². The number of hydrogen-bond donors (Lipinski definition) is 2. The lowest BCUT2D eigenvalue weighted by atomic mass is 9.83. The van der Waals surface area contributed by atoms with Gasteiger partial charge in [0, 0.05) is 16.7 Å². The van der Waals surface area contributed by atoms with Gasteiger partial charge in [0.15, 0.2) is 0 Å². The molecular weight excluding hydrogens is 357 g/mol. The van der Waals surface area contributed by atoms with Crippen molar-refractivity contribution in [2.75, 3.05) is 0 Å². The van der Waals surface area contributed by atoms with Gasteiger partial charge in [0.25, 0.3) is 0 Å². The van der Waals surface area contributed by atoms with E-state index in [1.54, 1.807) is 25.1 Å². The van der Waals surface area contributed by atoms with E-state index in [1.165, 1.54) is 6.07 Å². The molecule has 0 heterocycles. The van der Waals surface area contributed by atoms with Gasteiger partial charge in [0.2, 0.25) is 0 Å². The maximum absolute atomic E-state index is 15.1. The molecule has 142 valence electrons. The van der Waals surface area contributed by atoms with Crippen LogP contribution in [0.1, 0.15) is 23.6 Å². The Labute approximate surface area is 162 Å². The first-order valence-corrected chi connectivity index (χ1v) is 9.07. The van der Waals surface area contributed by atoms with Crippen molar-refractivity contribution in [2.24, 2.45) is 5.73 Å². The molecule has 0 aromatic heterocycles. The second-order valence-electron chi connectivity index (χ2n) is 6.94. The summed E-state index contributed by atoms with van der Waals surface area (Å²) in [5.74, 6) is -1.60. The lowest BCUT2D eigenvalue weighted by Crippen LogP contribution is -2.46. The maximum Gasteiger partial charge on any atom is 0.323 e. The third-order valence-electron chi connectivity index (χ3n) is 5.31. The Balaban J connectivity index is 2.02. The third kappa shape index (κ3) is 2.63. The molecule has 0 aliphatic heterocycles. The van der Waals surface area contributed by atoms with Crippen molar-refractivity contribution in [3.63, 3.8) is 0 Å². The highest BCUT2D eigenvalue weighted by molar-refractivity contribution is 5.82. The second kappa shape index (κ2) is 6.86. The lowest BCUT2D eigenvalue weighted by Gasteiger charge is -2.36. The molecule has 1 aliphatic carbocycles. The average Bonchev–Trinajstić information content (AvgIpc) is 2.99. The van der Waals surface area contributed by atoms with Crippen LogP contribution in [-0.4, -0.2) is 23.2 Å². The Bertz CT molecular complexity index is 1000. The second-order valence-corrected chi connectivity index (χ2v) is 6.94. The van der Waals surface area contributed by atoms with Crippen LogP contribution in [0.3, 0.4) is 0 Å². The van der Waals surface area contributed by atoms with Gasteiger partial charge in [-0.1, -0.05) is 66.7 Å². The number of fused-ring (bicyclic) bond motifs is 3. The van der Waals surface area contributed by atoms with Gasteiger partial charge in [-0.3, -0.25) is 4.79 Å². The van der Waals surface area contributed by atoms with Crippen molar-refractivity contribution < 1.29 is 19.0 Å². The molecule has 0 saturated heterocycles. The molecular formula is C23H20FNO3. The summed E-state index contributed by atoms with van der Waals surface area (Å²) in [4.78, 5) is 11.4. The van der Waals surface area contributed by atoms with Crippen LogP contribution >= 0.6 is 0 Å². The van der Waals surface area contributed by atoms with Crippen LogP contribution in [0.2, 0.25) is 0 Å². The van der Waals surface area contributed by atoms with E-state index in [0.29, 0.717) is 5.56 Å². The Kier molecular flexibility index (Phi) is 4.49. The number of nitrogens with two attached hydrogens (primary N) is 1. The molecule has 3 N–H and O–H groups in total. The van der Waals surface area contributed by atoms with Crippen LogP contribution in [0.4, 0.5) is 4.39 Å². The van der Waals surface area contributed by atoms with Gasteiger partial charge in [0.05, 0.1) is 6.10 Å². The van der Waals surface area contributed by atoms with Crippen LogP contribution in [0, 0.1) is 5.82 Å². The Hall–Kier alpha value is -3.02. The van der Waals surface area contributed by atoms with E-state index in [-0.39, 0.29) is 0 Å². The topological polar surface area (TPSA) is 72.5 Å². The summed E-state index contributed by atoms with van der Waals surface area (Å²) in [5, 5.41) is 9.35. The minimum atomic E-state index is -1.29. The van der Waals surface area contributed by atoms with E-state index in [1.807, 2.05) is 48.5 Å². The summed E-state index contributed by atoms with van der Waals surface area (Å²) in [6.07, 6.45) is -0.865. The van der Waals surface area contributed by atoms with Crippen molar-refractivity contribution in [3.05, 3.63) is 95.3 Å². The number of carboxylic acids is 1. The predicted molar refractivity (Wildman–Crippen MR) is 104 cm³/mol. The summed E-state index contributed by atoms with van der Waals surface area (Å²) in [5.41, 5.74) is 8.27. The molecule has 1 aliphatic rings. The zero-order valence-corrected chi connectivity index (χ0v) is 15.3. The first kappa shape index (κ1) is 18.3. The van der Waals surface area contributed by atoms with Crippen molar-refractivity contribution in [1.29, 1.82) is 0 Å². The fourth-order valence-corrected chi connectivity index (χ4v) is 3.98. The highest BCUT2D eigenvalue weighted by atomic mass is 19.1. The molecule has 2 atom stereocenters. The van der Waals surface area contributed by atoms with Crippen LogP contribution in [-0.2, 0) is 15.1 Å². The molecule has 5 heteroatoms. The van der Waals surface area contributed by atoms with Gasteiger partial charge in [0.1, 0.15) is 17.5 Å². The average molecular weight is 377 g/mol. The molecule has 4 rings (SSSR count). The summed E-state index contributed by atoms with van der Waals surface area (Å²) in [7, 11) is 0. The largest absolute Gasteiger partial charge is 0.480 e. The zero-order valence-electron chi connectivity index (χ0n) is 15.3. The van der Waals surface area contributed by atoms with E-state index in [9.17, 15) is 9.90 Å². The molecule has 3 aromatic carbocycles. The molecule has 3 aromatic rings. The fourth-order valence-electron chi connectivity index (χ4n) is 3.98. The molecule has 28 heavy (non-hydrogen) atoms. The number of benzene rings is 3. The summed E-state index contributed by atoms with van der Waals surface area (Å²) in [6.45, 7) is 1.60. The number of ether oxygens (including phenoxy) is 1. The number of carbonyl (C=O) groups is 1. The molecule has 1 unspecified atom stereocenters. The SMILES string of the molecule is CC(OC1(c2ccccc2F)c2ccccc2-c2ccccc21)[C@H](N)C(=O)O. The Morgan fingerprint density at radius 2 is 1.39 bits per heavy atom. The first-order valence-electron chi connectivity index (χ1n) is 9.07. The van der Waals surface area contributed by atoms with Crippen LogP contribution in [0.5, 0.6) is 0 Å². The van der Waals surface area contributed by atoms with Crippen molar-refractivity contribution >= 4 is 5.97 Å². The van der Waals surface area contributed by atoms with Crippen molar-refractivity contribution in [1.82, 2.24) is 0 Å². The predicted octanol–water partition coefficient (Wildman–Crippen LogP) is 3.92. The monoisotopic (exact) mass is 377 g/mol. The van der Waals surface area contributed by atoms with E-state index in [2.05, 4.69) is 0 Å². The minimum absolute atomic E-state index is 0.330. The van der Waals surface area contributed by atoms with Crippen molar-refractivity contribution in [3.8, 4) is 11.1 Å². The number of carboxylic acid groups (broad SMARTS) is 1. The Morgan fingerprint density at radius 3 is 1.89 bits per heavy atom. The zero-order chi connectivity index (χ0) is 19.9. The quantitative estimate of drug-likeness (QED) is 0.707. The van der Waals surface area contributed by atoms with Crippen LogP contribution < -0.4 is 5.73 Å². The summed E-state index contributed by atoms with van der Waals surface area (Å²) >= 11 is 0. The third-order valence-corrected chi connectivity index (χ3v) is 5.31. The smallest absolute Gasteiger partial charge is 0.323 e. The van der Waals surface area contributed by atoms with E-state index in [0.717, 1.165) is 22.3 Å². The van der Waals surface area contributed by atoms with Gasteiger partial charge < -0.3 is 15.6 Å². The van der Waals surface area contributed by atoms with E-state index >= 15 is 4.39 Å². The standard InChI is InChI=1S/C23H20FNO3/c1-14(21(25)22(26)27)28-23(19-12-6-7-13-20(19)24)17-10-4-2-8-15(17)16-9-3-5-11-18(16)23/h2-14,21H,25H2,1H3,(H,26,27)/t14?,21-/m0/s1. The molecule has 0 bridgehead atoms. The first-order chi connectivity index (χ1) is 13.5. The molecule has 0 saturated carbocycles. The maximum atomic E-state index is 15.1. The number of hydrogen-bond acceptors (Lipinski definition) is 3. The molecule has 4 nitrogen and oxygen atoms in total. The lowest BCUT2D eigenvalue weighted by molar-refractivity contribution is -0.144. The fraction of sp³-hybridized carbons (Fsp3) is 0.174. The number of rotatable bonds is 5. The molecule has 0 fully saturated rings. The van der Waals surface area contributed by atoms with Crippen molar-refractivity contribution in [2.45, 2.75) is 24.7 Å². The van der Waals surface area contributed by atoms with Gasteiger partial charge >= 0.3 is 5.97 Å². The molecule has 0 amide bonds. The summed E-state index contributed by atoms with van der Waals surface area (Å²) < 4.78 is 21.5. The summed E-state index contributed by atoms with van der Waals surface area (Å²) in [6, 6.07) is 20.4. The number of halogens is 1. The van der Waals surface area contributed by atoms with Crippen LogP contribution in [0.25, 0.3) is 11.1 Å². The van der Waals surface area contributed by atoms with E-state index in [4.69, 9.17) is 10.5 Å². The van der Waals surface area contributed by atoms with E-state index < -0.39 is 29.5 Å². The van der Waals surface area contributed by atoms with Gasteiger partial charge in [-0.15, -0.1) is 0 Å². The highest BCUT2D eigenvalue weighted by Crippen LogP contribution is 2.54. The number of aliphatic carboxylic acids is 1.